The highest BCUT2D eigenvalue weighted by Crippen LogP contribution is 2.22. The lowest BCUT2D eigenvalue weighted by Gasteiger charge is -2.33. The van der Waals surface area contributed by atoms with Gasteiger partial charge in [0.05, 0.1) is 11.9 Å². The molecule has 0 fully saturated rings. The molecule has 0 saturated carbocycles. The minimum Gasteiger partial charge on any atom is -0.354 e. The number of anilines is 1. The van der Waals surface area contributed by atoms with Crippen molar-refractivity contribution >= 4 is 43.5 Å². The number of sulfonamides is 1. The van der Waals surface area contributed by atoms with E-state index in [4.69, 9.17) is 0 Å². The van der Waals surface area contributed by atoms with Crippen LogP contribution in [0, 0.1) is 6.92 Å². The summed E-state index contributed by atoms with van der Waals surface area (Å²) in [5.74, 6) is -0.741. The highest BCUT2D eigenvalue weighted by Gasteiger charge is 2.32. The lowest BCUT2D eigenvalue weighted by molar-refractivity contribution is -0.140. The van der Waals surface area contributed by atoms with E-state index >= 15 is 0 Å². The van der Waals surface area contributed by atoms with Crippen molar-refractivity contribution < 1.29 is 18.0 Å². The van der Waals surface area contributed by atoms with Crippen LogP contribution < -0.4 is 9.62 Å². The van der Waals surface area contributed by atoms with Crippen LogP contribution in [0.1, 0.15) is 30.0 Å². The summed E-state index contributed by atoms with van der Waals surface area (Å²) in [4.78, 5) is 28.9. The van der Waals surface area contributed by atoms with Crippen molar-refractivity contribution in [2.24, 2.45) is 0 Å². The average Bonchev–Trinajstić information content (AvgIpc) is 2.88. The minimum atomic E-state index is -3.78. The van der Waals surface area contributed by atoms with Gasteiger partial charge in [-0.15, -0.1) is 0 Å². The number of amides is 2. The Hall–Kier alpha value is -3.17. The Bertz CT molecular complexity index is 1330. The van der Waals surface area contributed by atoms with Gasteiger partial charge in [-0.2, -0.15) is 0 Å². The van der Waals surface area contributed by atoms with Crippen molar-refractivity contribution in [1.29, 1.82) is 0 Å². The third-order valence-electron chi connectivity index (χ3n) is 6.06. The molecular weight excluding hydrogens is 566 g/mol. The fraction of sp³-hybridized carbons (Fsp3) is 0.310. The molecule has 0 radical (unpaired) electrons. The molecule has 7 nitrogen and oxygen atoms in total. The first kappa shape index (κ1) is 29.4. The minimum absolute atomic E-state index is 0.147. The average molecular weight is 601 g/mol. The molecule has 0 aliphatic carbocycles. The number of aryl methyl sites for hydroxylation is 1. The molecule has 202 valence electrons. The van der Waals surface area contributed by atoms with Crippen molar-refractivity contribution in [3.8, 4) is 0 Å². The van der Waals surface area contributed by atoms with Gasteiger partial charge in [-0.25, -0.2) is 8.42 Å². The molecule has 38 heavy (non-hydrogen) atoms. The van der Waals surface area contributed by atoms with Gasteiger partial charge in [0.15, 0.2) is 0 Å². The molecule has 0 bridgehead atoms. The van der Waals surface area contributed by atoms with Gasteiger partial charge in [0, 0.05) is 24.0 Å². The first-order valence-electron chi connectivity index (χ1n) is 12.5. The van der Waals surface area contributed by atoms with Crippen molar-refractivity contribution in [1.82, 2.24) is 10.2 Å². The highest BCUT2D eigenvalue weighted by atomic mass is 79.9. The number of hydrogen-bond donors (Lipinski definition) is 1. The van der Waals surface area contributed by atoms with E-state index in [1.54, 1.807) is 18.2 Å². The molecule has 9 heteroatoms. The number of nitrogens with zero attached hydrogens (tertiary/aromatic N) is 2. The Morgan fingerprint density at radius 2 is 1.63 bits per heavy atom. The zero-order valence-corrected chi connectivity index (χ0v) is 24.3. The third-order valence-corrected chi connectivity index (χ3v) is 7.72. The lowest BCUT2D eigenvalue weighted by atomic mass is 10.0. The van der Waals surface area contributed by atoms with E-state index < -0.39 is 28.5 Å². The summed E-state index contributed by atoms with van der Waals surface area (Å²) in [6.07, 6.45) is 2.12. The van der Waals surface area contributed by atoms with Crippen LogP contribution in [0.3, 0.4) is 0 Å². The maximum atomic E-state index is 14.0. The van der Waals surface area contributed by atoms with Gasteiger partial charge >= 0.3 is 0 Å². The summed E-state index contributed by atoms with van der Waals surface area (Å²) in [7, 11) is -3.78. The van der Waals surface area contributed by atoms with Gasteiger partial charge in [-0.3, -0.25) is 13.9 Å². The van der Waals surface area contributed by atoms with Crippen LogP contribution in [0.25, 0.3) is 0 Å². The van der Waals surface area contributed by atoms with Crippen LogP contribution >= 0.6 is 15.9 Å². The second-order valence-corrected chi connectivity index (χ2v) is 12.1. The topological polar surface area (TPSA) is 86.8 Å². The first-order valence-corrected chi connectivity index (χ1v) is 15.1. The zero-order chi connectivity index (χ0) is 27.7. The molecule has 0 aromatic heterocycles. The first-order chi connectivity index (χ1) is 18.1. The molecule has 0 spiro atoms. The molecule has 0 heterocycles. The Labute approximate surface area is 234 Å². The van der Waals surface area contributed by atoms with Crippen LogP contribution in [0.4, 0.5) is 5.69 Å². The van der Waals surface area contributed by atoms with Gasteiger partial charge < -0.3 is 10.2 Å². The number of benzene rings is 3. The summed E-state index contributed by atoms with van der Waals surface area (Å²) < 4.78 is 27.6. The maximum Gasteiger partial charge on any atom is 0.244 e. The Morgan fingerprint density at radius 3 is 2.24 bits per heavy atom. The summed E-state index contributed by atoms with van der Waals surface area (Å²) in [6, 6.07) is 23.2. The fourth-order valence-corrected chi connectivity index (χ4v) is 5.21. The van der Waals surface area contributed by atoms with Crippen LogP contribution in [-0.2, 0) is 32.6 Å². The van der Waals surface area contributed by atoms with E-state index in [9.17, 15) is 18.0 Å². The summed E-state index contributed by atoms with van der Waals surface area (Å²) in [5.41, 5.74) is 3.00. The van der Waals surface area contributed by atoms with Crippen molar-refractivity contribution in [2.45, 2.75) is 39.3 Å². The smallest absolute Gasteiger partial charge is 0.244 e. The SMILES string of the molecule is CCCNC(=O)[C@H](Cc1ccccc1)N(Cc1ccc(Br)cc1)C(=O)CN(c1cccc(C)c1)S(C)(=O)=O. The summed E-state index contributed by atoms with van der Waals surface area (Å²) >= 11 is 3.43. The van der Waals surface area contributed by atoms with E-state index in [1.165, 1.54) is 4.90 Å². The molecule has 1 N–H and O–H groups in total. The monoisotopic (exact) mass is 599 g/mol. The predicted molar refractivity (Wildman–Crippen MR) is 155 cm³/mol. The number of carbonyl (C=O) groups is 2. The molecule has 3 aromatic rings. The third kappa shape index (κ3) is 8.43. The fourth-order valence-electron chi connectivity index (χ4n) is 4.10. The van der Waals surface area contributed by atoms with Gasteiger partial charge in [0.1, 0.15) is 12.6 Å². The Morgan fingerprint density at radius 1 is 0.947 bits per heavy atom. The number of rotatable bonds is 12. The van der Waals surface area contributed by atoms with Crippen LogP contribution in [0.2, 0.25) is 0 Å². The van der Waals surface area contributed by atoms with E-state index in [2.05, 4.69) is 21.2 Å². The van der Waals surface area contributed by atoms with Gasteiger partial charge in [0.2, 0.25) is 21.8 Å². The van der Waals surface area contributed by atoms with Crippen molar-refractivity contribution in [2.75, 3.05) is 23.7 Å². The molecule has 2 amide bonds. The van der Waals surface area contributed by atoms with Crippen LogP contribution in [-0.4, -0.2) is 50.5 Å². The van der Waals surface area contributed by atoms with E-state index in [0.717, 1.165) is 38.1 Å². The molecule has 1 atom stereocenters. The Kier molecular flexibility index (Phi) is 10.5. The van der Waals surface area contributed by atoms with Crippen LogP contribution in [0.5, 0.6) is 0 Å². The quantitative estimate of drug-likeness (QED) is 0.327. The molecule has 0 unspecified atom stereocenters. The second-order valence-electron chi connectivity index (χ2n) is 9.25. The number of halogens is 1. The largest absolute Gasteiger partial charge is 0.354 e. The summed E-state index contributed by atoms with van der Waals surface area (Å²) in [6.45, 7) is 4.02. The van der Waals surface area contributed by atoms with E-state index in [1.807, 2.05) is 74.5 Å². The molecule has 3 aromatic carbocycles. The number of nitrogens with one attached hydrogen (secondary N) is 1. The van der Waals surface area contributed by atoms with Gasteiger partial charge in [-0.1, -0.05) is 77.5 Å². The predicted octanol–water partition coefficient (Wildman–Crippen LogP) is 4.69. The molecule has 0 saturated heterocycles. The van der Waals surface area contributed by atoms with Gasteiger partial charge in [0.25, 0.3) is 0 Å². The maximum absolute atomic E-state index is 14.0. The van der Waals surface area contributed by atoms with Gasteiger partial charge in [-0.05, 0) is 54.3 Å². The normalized spacial score (nSPS) is 12.0. The lowest BCUT2D eigenvalue weighted by Crippen LogP contribution is -2.53. The molecular formula is C29H34BrN3O4S. The van der Waals surface area contributed by atoms with Crippen molar-refractivity contribution in [3.63, 3.8) is 0 Å². The zero-order valence-electron chi connectivity index (χ0n) is 21.9. The van der Waals surface area contributed by atoms with E-state index in [-0.39, 0.29) is 12.5 Å². The molecule has 3 rings (SSSR count). The number of carbonyl (C=O) groups excluding carboxylic acids is 2. The second kappa shape index (κ2) is 13.6. The Balaban J connectivity index is 2.03. The summed E-state index contributed by atoms with van der Waals surface area (Å²) in [5, 5.41) is 2.93. The van der Waals surface area contributed by atoms with Crippen molar-refractivity contribution in [3.05, 3.63) is 100 Å². The highest BCUT2D eigenvalue weighted by molar-refractivity contribution is 9.10. The standard InChI is InChI=1S/C29H34BrN3O4S/c1-4-17-31-29(35)27(19-23-10-6-5-7-11-23)32(20-24-13-15-25(30)16-14-24)28(34)21-33(38(3,36)37)26-12-8-9-22(2)18-26/h5-16,18,27H,4,17,19-21H2,1-3H3,(H,31,35)/t27-/m0/s1. The van der Waals surface area contributed by atoms with Crippen LogP contribution in [0.15, 0.2) is 83.3 Å². The molecule has 0 aliphatic rings. The molecule has 0 aliphatic heterocycles. The van der Waals surface area contributed by atoms with E-state index in [0.29, 0.717) is 18.7 Å². The number of hydrogen-bond acceptors (Lipinski definition) is 4.